The summed E-state index contributed by atoms with van der Waals surface area (Å²) in [6, 6.07) is -0.358. The largest absolute Gasteiger partial charge is 0.490 e. The third-order valence-corrected chi connectivity index (χ3v) is 5.25. The highest BCUT2D eigenvalue weighted by molar-refractivity contribution is 5.82. The molecule has 2 rings (SSSR count). The van der Waals surface area contributed by atoms with E-state index >= 15 is 0 Å². The number of halogens is 3. The summed E-state index contributed by atoms with van der Waals surface area (Å²) in [5.41, 5.74) is 7.15. The Morgan fingerprint density at radius 3 is 2.33 bits per heavy atom. The zero-order valence-electron chi connectivity index (χ0n) is 17.7. The smallest absolute Gasteiger partial charge is 0.475 e. The molecule has 30 heavy (non-hydrogen) atoms. The number of amides is 1. The standard InChI is InChI=1S/C17H31N5O.C2HF3O2/c1-4-6-15-12-22(20-19-15)11-14-7-9-21(10-8-14)17(23)16(18)13(3)5-2;3-2(4,5)1(6)7/h12-14,16H,4-11,18H2,1-3H3;(H,6,7)/t13-,16-;/m0./s1. The van der Waals surface area contributed by atoms with Crippen molar-refractivity contribution in [1.82, 2.24) is 19.9 Å². The van der Waals surface area contributed by atoms with Gasteiger partial charge in [-0.1, -0.05) is 38.8 Å². The Bertz CT molecular complexity index is 673. The molecule has 8 nitrogen and oxygen atoms in total. The summed E-state index contributed by atoms with van der Waals surface area (Å²) < 4.78 is 33.7. The van der Waals surface area contributed by atoms with Crippen LogP contribution in [0.1, 0.15) is 52.1 Å². The van der Waals surface area contributed by atoms with Crippen LogP contribution in [0.15, 0.2) is 6.20 Å². The number of likely N-dealkylation sites (tertiary alicyclic amines) is 1. The second-order valence-electron chi connectivity index (χ2n) is 7.66. The zero-order chi connectivity index (χ0) is 22.9. The third-order valence-electron chi connectivity index (χ3n) is 5.25. The fourth-order valence-electron chi connectivity index (χ4n) is 3.11. The molecule has 0 unspecified atom stereocenters. The van der Waals surface area contributed by atoms with E-state index < -0.39 is 12.1 Å². The Morgan fingerprint density at radius 2 is 1.87 bits per heavy atom. The molecule has 2 heterocycles. The maximum Gasteiger partial charge on any atom is 0.490 e. The van der Waals surface area contributed by atoms with Gasteiger partial charge in [0.15, 0.2) is 0 Å². The topological polar surface area (TPSA) is 114 Å². The Hall–Kier alpha value is -2.17. The van der Waals surface area contributed by atoms with Crippen molar-refractivity contribution in [2.24, 2.45) is 17.6 Å². The van der Waals surface area contributed by atoms with Gasteiger partial charge in [0.2, 0.25) is 5.91 Å². The molecular weight excluding hydrogens is 403 g/mol. The van der Waals surface area contributed by atoms with E-state index in [0.717, 1.165) is 57.4 Å². The van der Waals surface area contributed by atoms with Crippen LogP contribution in [0.25, 0.3) is 0 Å². The first-order valence-corrected chi connectivity index (χ1v) is 10.2. The van der Waals surface area contributed by atoms with Crippen molar-refractivity contribution in [3.8, 4) is 0 Å². The first-order valence-electron chi connectivity index (χ1n) is 10.2. The SMILES string of the molecule is CCCc1cn(CC2CCN(C(=O)[C@@H](N)[C@@H](C)CC)CC2)nn1.O=C(O)C(F)(F)F. The molecule has 0 bridgehead atoms. The van der Waals surface area contributed by atoms with E-state index in [2.05, 4.69) is 30.4 Å². The average molecular weight is 435 g/mol. The number of alkyl halides is 3. The Labute approximate surface area is 174 Å². The first-order chi connectivity index (χ1) is 14.0. The van der Waals surface area contributed by atoms with Crippen molar-refractivity contribution >= 4 is 11.9 Å². The fourth-order valence-corrected chi connectivity index (χ4v) is 3.11. The third kappa shape index (κ3) is 8.29. The van der Waals surface area contributed by atoms with Gasteiger partial charge in [-0.15, -0.1) is 5.10 Å². The minimum absolute atomic E-state index is 0.115. The van der Waals surface area contributed by atoms with E-state index in [0.29, 0.717) is 5.92 Å². The number of nitrogens with zero attached hydrogens (tertiary/aromatic N) is 4. The maximum atomic E-state index is 12.4. The van der Waals surface area contributed by atoms with Crippen LogP contribution in [0.4, 0.5) is 13.2 Å². The number of nitrogens with two attached hydrogens (primary N) is 1. The van der Waals surface area contributed by atoms with Crippen molar-refractivity contribution in [3.63, 3.8) is 0 Å². The van der Waals surface area contributed by atoms with Gasteiger partial charge in [-0.2, -0.15) is 13.2 Å². The van der Waals surface area contributed by atoms with Gasteiger partial charge in [0.05, 0.1) is 11.7 Å². The molecule has 1 aromatic heterocycles. The average Bonchev–Trinajstić information content (AvgIpc) is 3.13. The number of rotatable bonds is 7. The molecule has 0 aromatic carbocycles. The number of piperidine rings is 1. The number of carboxylic acid groups (broad SMARTS) is 1. The maximum absolute atomic E-state index is 12.4. The second-order valence-corrected chi connectivity index (χ2v) is 7.66. The number of carbonyl (C=O) groups excluding carboxylic acids is 1. The van der Waals surface area contributed by atoms with Gasteiger partial charge in [0, 0.05) is 25.8 Å². The molecule has 11 heteroatoms. The number of carboxylic acids is 1. The van der Waals surface area contributed by atoms with Crippen LogP contribution in [0.2, 0.25) is 0 Å². The second kappa shape index (κ2) is 11.9. The predicted octanol–water partition coefficient (Wildman–Crippen LogP) is 2.48. The number of aromatic nitrogens is 3. The van der Waals surface area contributed by atoms with Gasteiger partial charge in [-0.25, -0.2) is 4.79 Å². The van der Waals surface area contributed by atoms with Gasteiger partial charge >= 0.3 is 12.1 Å². The van der Waals surface area contributed by atoms with Crippen LogP contribution in [-0.4, -0.2) is 62.2 Å². The molecule has 1 saturated heterocycles. The van der Waals surface area contributed by atoms with Gasteiger partial charge in [0.25, 0.3) is 0 Å². The number of aliphatic carboxylic acids is 1. The Balaban J connectivity index is 0.000000553. The van der Waals surface area contributed by atoms with Crippen molar-refractivity contribution < 1.29 is 27.9 Å². The van der Waals surface area contributed by atoms with Crippen LogP contribution < -0.4 is 5.73 Å². The molecule has 3 N–H and O–H groups in total. The Kier molecular flexibility index (Phi) is 10.2. The summed E-state index contributed by atoms with van der Waals surface area (Å²) in [5.74, 6) is -1.83. The quantitative estimate of drug-likeness (QED) is 0.680. The number of carbonyl (C=O) groups is 2. The minimum atomic E-state index is -5.08. The summed E-state index contributed by atoms with van der Waals surface area (Å²) in [6.07, 6.45) is 2.02. The number of hydrogen-bond donors (Lipinski definition) is 2. The molecule has 0 radical (unpaired) electrons. The van der Waals surface area contributed by atoms with E-state index in [1.807, 2.05) is 16.5 Å². The van der Waals surface area contributed by atoms with E-state index in [1.165, 1.54) is 0 Å². The van der Waals surface area contributed by atoms with Crippen LogP contribution >= 0.6 is 0 Å². The van der Waals surface area contributed by atoms with Crippen molar-refractivity contribution in [2.45, 2.75) is 71.6 Å². The number of hydrogen-bond acceptors (Lipinski definition) is 5. The lowest BCUT2D eigenvalue weighted by Crippen LogP contribution is -2.49. The predicted molar refractivity (Wildman–Crippen MR) is 104 cm³/mol. The van der Waals surface area contributed by atoms with E-state index in [-0.39, 0.29) is 17.9 Å². The van der Waals surface area contributed by atoms with E-state index in [4.69, 9.17) is 15.6 Å². The molecule has 0 saturated carbocycles. The highest BCUT2D eigenvalue weighted by Gasteiger charge is 2.38. The summed E-state index contributed by atoms with van der Waals surface area (Å²) in [6.45, 7) is 8.79. The molecule has 1 amide bonds. The summed E-state index contributed by atoms with van der Waals surface area (Å²) in [7, 11) is 0. The van der Waals surface area contributed by atoms with E-state index in [1.54, 1.807) is 0 Å². The minimum Gasteiger partial charge on any atom is -0.475 e. The summed E-state index contributed by atoms with van der Waals surface area (Å²) in [4.78, 5) is 23.2. The van der Waals surface area contributed by atoms with Crippen LogP contribution in [0.5, 0.6) is 0 Å². The van der Waals surface area contributed by atoms with Crippen LogP contribution in [-0.2, 0) is 22.6 Å². The van der Waals surface area contributed by atoms with Gasteiger partial charge < -0.3 is 15.7 Å². The van der Waals surface area contributed by atoms with Gasteiger partial charge in [-0.05, 0) is 31.1 Å². The first kappa shape index (κ1) is 25.9. The summed E-state index contributed by atoms with van der Waals surface area (Å²) >= 11 is 0. The van der Waals surface area contributed by atoms with E-state index in [9.17, 15) is 18.0 Å². The molecule has 172 valence electrons. The molecule has 2 atom stereocenters. The normalized spacial score (nSPS) is 17.1. The summed E-state index contributed by atoms with van der Waals surface area (Å²) in [5, 5.41) is 15.5. The monoisotopic (exact) mass is 435 g/mol. The molecule has 1 aliphatic rings. The lowest BCUT2D eigenvalue weighted by atomic mass is 9.94. The van der Waals surface area contributed by atoms with Crippen molar-refractivity contribution in [3.05, 3.63) is 11.9 Å². The lowest BCUT2D eigenvalue weighted by Gasteiger charge is -2.34. The Morgan fingerprint density at radius 1 is 1.30 bits per heavy atom. The molecule has 0 spiro atoms. The zero-order valence-corrected chi connectivity index (χ0v) is 17.7. The fraction of sp³-hybridized carbons (Fsp3) is 0.789. The van der Waals surface area contributed by atoms with Gasteiger partial charge in [-0.3, -0.25) is 9.48 Å². The highest BCUT2D eigenvalue weighted by Crippen LogP contribution is 2.20. The lowest BCUT2D eigenvalue weighted by molar-refractivity contribution is -0.192. The van der Waals surface area contributed by atoms with Crippen LogP contribution in [0, 0.1) is 11.8 Å². The molecule has 1 aromatic rings. The highest BCUT2D eigenvalue weighted by atomic mass is 19.4. The van der Waals surface area contributed by atoms with Crippen molar-refractivity contribution in [2.75, 3.05) is 13.1 Å². The molecule has 1 aliphatic heterocycles. The molecule has 0 aliphatic carbocycles. The van der Waals surface area contributed by atoms with Crippen LogP contribution in [0.3, 0.4) is 0 Å². The number of aryl methyl sites for hydroxylation is 1. The molecular formula is C19H32F3N5O3. The van der Waals surface area contributed by atoms with Crippen molar-refractivity contribution in [1.29, 1.82) is 0 Å². The molecule has 1 fully saturated rings. The van der Waals surface area contributed by atoms with Gasteiger partial charge in [0.1, 0.15) is 0 Å².